The highest BCUT2D eigenvalue weighted by Gasteiger charge is 2.27. The minimum atomic E-state index is -0.220. The Labute approximate surface area is 183 Å². The number of benzene rings is 2. The Hall–Kier alpha value is -4.02. The lowest BCUT2D eigenvalue weighted by molar-refractivity contribution is -0.116. The molecule has 0 atom stereocenters. The number of anilines is 1. The van der Waals surface area contributed by atoms with Gasteiger partial charge in [-0.25, -0.2) is 10.4 Å². The van der Waals surface area contributed by atoms with E-state index in [2.05, 4.69) is 26.9 Å². The molecule has 0 saturated carbocycles. The number of rotatable bonds is 3. The highest BCUT2D eigenvalue weighted by atomic mass is 32.1. The molecule has 0 aliphatic carbocycles. The second-order valence-corrected chi connectivity index (χ2v) is 8.35. The molecule has 3 heterocycles. The molecule has 0 saturated heterocycles. The SMILES string of the molecule is CC1=NNC(=O)C1=C1C=C(c2ncc(Cc3ccccc3C#N)s2)c2ccccc2N1. The van der Waals surface area contributed by atoms with Crippen molar-refractivity contribution >= 4 is 34.2 Å². The van der Waals surface area contributed by atoms with E-state index < -0.39 is 0 Å². The van der Waals surface area contributed by atoms with Crippen LogP contribution in [0, 0.1) is 11.3 Å². The van der Waals surface area contributed by atoms with Crippen LogP contribution < -0.4 is 10.7 Å². The minimum absolute atomic E-state index is 0.220. The van der Waals surface area contributed by atoms with Crippen LogP contribution >= 0.6 is 11.3 Å². The van der Waals surface area contributed by atoms with E-state index in [1.807, 2.05) is 67.7 Å². The van der Waals surface area contributed by atoms with Crippen LogP contribution in [0.4, 0.5) is 5.69 Å². The molecule has 1 aromatic heterocycles. The smallest absolute Gasteiger partial charge is 0.275 e. The van der Waals surface area contributed by atoms with E-state index >= 15 is 0 Å². The number of nitriles is 1. The molecule has 0 unspecified atom stereocenters. The van der Waals surface area contributed by atoms with E-state index in [9.17, 15) is 10.1 Å². The maximum atomic E-state index is 12.3. The molecule has 2 aromatic carbocycles. The van der Waals surface area contributed by atoms with Crippen LogP contribution in [-0.2, 0) is 11.2 Å². The molecule has 3 aromatic rings. The molecule has 5 rings (SSSR count). The van der Waals surface area contributed by atoms with Crippen molar-refractivity contribution in [1.29, 1.82) is 5.26 Å². The van der Waals surface area contributed by atoms with E-state index in [0.717, 1.165) is 32.3 Å². The van der Waals surface area contributed by atoms with E-state index in [0.29, 0.717) is 29.0 Å². The molecule has 150 valence electrons. The normalized spacial score (nSPS) is 17.2. The summed E-state index contributed by atoms with van der Waals surface area (Å²) in [6, 6.07) is 17.8. The largest absolute Gasteiger partial charge is 0.354 e. The number of nitrogens with zero attached hydrogens (tertiary/aromatic N) is 3. The molecule has 2 aliphatic rings. The van der Waals surface area contributed by atoms with Gasteiger partial charge in [0.05, 0.1) is 28.6 Å². The van der Waals surface area contributed by atoms with Crippen LogP contribution in [0.2, 0.25) is 0 Å². The van der Waals surface area contributed by atoms with Gasteiger partial charge in [-0.2, -0.15) is 10.4 Å². The van der Waals surface area contributed by atoms with Crippen LogP contribution in [0.3, 0.4) is 0 Å². The van der Waals surface area contributed by atoms with Crippen LogP contribution in [0.1, 0.15) is 33.5 Å². The molecule has 1 amide bonds. The topological polar surface area (TPSA) is 90.2 Å². The third-order valence-corrected chi connectivity index (χ3v) is 6.28. The second-order valence-electron chi connectivity index (χ2n) is 7.23. The Morgan fingerprint density at radius 2 is 1.94 bits per heavy atom. The minimum Gasteiger partial charge on any atom is -0.354 e. The van der Waals surface area contributed by atoms with Gasteiger partial charge in [-0.05, 0) is 30.7 Å². The van der Waals surface area contributed by atoms with Gasteiger partial charge in [-0.1, -0.05) is 36.4 Å². The summed E-state index contributed by atoms with van der Waals surface area (Å²) in [5.41, 5.74) is 8.97. The Morgan fingerprint density at radius 1 is 1.13 bits per heavy atom. The standard InChI is InChI=1S/C24H17N5OS/c1-14-22(23(30)29-28-14)21-11-19(18-8-4-5-9-20(18)27-21)24-26-13-17(31-24)10-15-6-2-3-7-16(15)12-25/h2-9,11,13,27H,10H2,1H3,(H,29,30). The number of allylic oxidation sites excluding steroid dienone is 1. The van der Waals surface area contributed by atoms with Crippen molar-refractivity contribution in [3.05, 3.63) is 98.6 Å². The van der Waals surface area contributed by atoms with Crippen molar-refractivity contribution in [3.63, 3.8) is 0 Å². The summed E-state index contributed by atoms with van der Waals surface area (Å²) in [4.78, 5) is 18.1. The highest BCUT2D eigenvalue weighted by Crippen LogP contribution is 2.38. The van der Waals surface area contributed by atoms with Gasteiger partial charge in [-0.3, -0.25) is 4.79 Å². The predicted molar refractivity (Wildman–Crippen MR) is 121 cm³/mol. The molecule has 6 nitrogen and oxygen atoms in total. The molecule has 2 aliphatic heterocycles. The number of hydrazone groups is 1. The molecular weight excluding hydrogens is 406 g/mol. The lowest BCUT2D eigenvalue weighted by atomic mass is 9.96. The number of carbonyl (C=O) groups excluding carboxylic acids is 1. The number of thiazole rings is 1. The predicted octanol–water partition coefficient (Wildman–Crippen LogP) is 4.22. The average Bonchev–Trinajstić information content (AvgIpc) is 3.39. The fraction of sp³-hybridized carbons (Fsp3) is 0.0833. The number of nitrogens with one attached hydrogen (secondary N) is 2. The zero-order valence-electron chi connectivity index (χ0n) is 16.6. The van der Waals surface area contributed by atoms with Crippen molar-refractivity contribution < 1.29 is 4.79 Å². The zero-order valence-corrected chi connectivity index (χ0v) is 17.5. The summed E-state index contributed by atoms with van der Waals surface area (Å²) in [5, 5.41) is 17.6. The van der Waals surface area contributed by atoms with Gasteiger partial charge in [0.25, 0.3) is 5.91 Å². The third kappa shape index (κ3) is 3.43. The second kappa shape index (κ2) is 7.67. The van der Waals surface area contributed by atoms with Crippen molar-refractivity contribution in [2.45, 2.75) is 13.3 Å². The molecule has 0 radical (unpaired) electrons. The lowest BCUT2D eigenvalue weighted by Gasteiger charge is -2.21. The van der Waals surface area contributed by atoms with Crippen LogP contribution in [-0.4, -0.2) is 16.6 Å². The summed E-state index contributed by atoms with van der Waals surface area (Å²) in [7, 11) is 0. The number of aromatic nitrogens is 1. The highest BCUT2D eigenvalue weighted by molar-refractivity contribution is 7.12. The summed E-state index contributed by atoms with van der Waals surface area (Å²) in [5.74, 6) is -0.220. The van der Waals surface area contributed by atoms with Gasteiger partial charge in [0.15, 0.2) is 0 Å². The molecule has 2 N–H and O–H groups in total. The quantitative estimate of drug-likeness (QED) is 0.617. The summed E-state index contributed by atoms with van der Waals surface area (Å²) in [6.45, 7) is 1.81. The fourth-order valence-corrected chi connectivity index (χ4v) is 4.72. The van der Waals surface area contributed by atoms with Gasteiger partial charge >= 0.3 is 0 Å². The fourth-order valence-electron chi connectivity index (χ4n) is 3.75. The summed E-state index contributed by atoms with van der Waals surface area (Å²) < 4.78 is 0. The zero-order chi connectivity index (χ0) is 21.4. The monoisotopic (exact) mass is 423 g/mol. The Kier molecular flexibility index (Phi) is 4.69. The molecule has 7 heteroatoms. The first-order valence-electron chi connectivity index (χ1n) is 9.74. The Bertz CT molecular complexity index is 1360. The van der Waals surface area contributed by atoms with E-state index in [4.69, 9.17) is 0 Å². The van der Waals surface area contributed by atoms with Crippen molar-refractivity contribution in [3.8, 4) is 6.07 Å². The Balaban J connectivity index is 1.57. The van der Waals surface area contributed by atoms with Crippen LogP contribution in [0.5, 0.6) is 0 Å². The van der Waals surface area contributed by atoms with Gasteiger partial charge in [0.2, 0.25) is 0 Å². The van der Waals surface area contributed by atoms with E-state index in [1.165, 1.54) is 0 Å². The number of fused-ring (bicyclic) bond motifs is 1. The summed E-state index contributed by atoms with van der Waals surface area (Å²) >= 11 is 1.59. The van der Waals surface area contributed by atoms with Crippen LogP contribution in [0.15, 0.2) is 77.2 Å². The van der Waals surface area contributed by atoms with E-state index in [1.54, 1.807) is 11.3 Å². The number of para-hydroxylation sites is 1. The molecule has 0 bridgehead atoms. The maximum Gasteiger partial charge on any atom is 0.275 e. The van der Waals surface area contributed by atoms with Crippen molar-refractivity contribution in [1.82, 2.24) is 10.4 Å². The number of amides is 1. The molecular formula is C24H17N5OS. The number of hydrogen-bond acceptors (Lipinski definition) is 6. The summed E-state index contributed by atoms with van der Waals surface area (Å²) in [6.07, 6.45) is 4.48. The Morgan fingerprint density at radius 3 is 2.74 bits per heavy atom. The first-order chi connectivity index (χ1) is 15.1. The van der Waals surface area contributed by atoms with Crippen molar-refractivity contribution in [2.24, 2.45) is 5.10 Å². The average molecular weight is 424 g/mol. The maximum absolute atomic E-state index is 12.3. The van der Waals surface area contributed by atoms with Crippen molar-refractivity contribution in [2.75, 3.05) is 5.32 Å². The van der Waals surface area contributed by atoms with E-state index in [-0.39, 0.29) is 5.91 Å². The third-order valence-electron chi connectivity index (χ3n) is 5.25. The first-order valence-corrected chi connectivity index (χ1v) is 10.6. The van der Waals surface area contributed by atoms with Gasteiger partial charge in [0, 0.05) is 34.3 Å². The number of carbonyl (C=O) groups is 1. The molecule has 31 heavy (non-hydrogen) atoms. The van der Waals surface area contributed by atoms with Gasteiger partial charge in [-0.15, -0.1) is 11.3 Å². The van der Waals surface area contributed by atoms with Gasteiger partial charge in [0.1, 0.15) is 5.01 Å². The van der Waals surface area contributed by atoms with Gasteiger partial charge < -0.3 is 5.32 Å². The molecule has 0 fully saturated rings. The molecule has 0 spiro atoms. The lowest BCUT2D eigenvalue weighted by Crippen LogP contribution is -2.19. The first kappa shape index (κ1) is 19.0. The number of hydrogen-bond donors (Lipinski definition) is 2. The van der Waals surface area contributed by atoms with Crippen LogP contribution in [0.25, 0.3) is 5.57 Å².